The van der Waals surface area contributed by atoms with E-state index in [0.29, 0.717) is 5.69 Å². The number of anilines is 2. The molecule has 0 aliphatic heterocycles. The van der Waals surface area contributed by atoms with E-state index in [1.165, 1.54) is 25.3 Å². The van der Waals surface area contributed by atoms with E-state index in [9.17, 15) is 17.6 Å². The molecule has 0 aliphatic rings. The topological polar surface area (TPSA) is 100 Å². The van der Waals surface area contributed by atoms with E-state index in [1.54, 1.807) is 12.1 Å². The summed E-state index contributed by atoms with van der Waals surface area (Å²) in [5.41, 5.74) is 3.31. The van der Waals surface area contributed by atoms with Gasteiger partial charge in [-0.1, -0.05) is 18.2 Å². The first-order valence-corrected chi connectivity index (χ1v) is 11.6. The zero-order valence-electron chi connectivity index (χ0n) is 18.0. The van der Waals surface area contributed by atoms with Gasteiger partial charge in [0.25, 0.3) is 10.0 Å². The molecule has 0 bridgehead atoms. The van der Waals surface area contributed by atoms with Gasteiger partial charge in [0.15, 0.2) is 0 Å². The molecule has 33 heavy (non-hydrogen) atoms. The molecule has 4 aromatic rings. The van der Waals surface area contributed by atoms with Crippen molar-refractivity contribution in [1.82, 2.24) is 4.98 Å². The van der Waals surface area contributed by atoms with E-state index >= 15 is 0 Å². The second-order valence-electron chi connectivity index (χ2n) is 7.47. The maximum Gasteiger partial charge on any atom is 0.262 e. The number of carbonyl (C=O) groups is 1. The Bertz CT molecular complexity index is 1430. The summed E-state index contributed by atoms with van der Waals surface area (Å²) in [5, 5.41) is 3.78. The zero-order valence-corrected chi connectivity index (χ0v) is 18.8. The summed E-state index contributed by atoms with van der Waals surface area (Å²) in [7, 11) is -2.59. The van der Waals surface area contributed by atoms with Crippen LogP contribution in [0.15, 0.2) is 71.6 Å². The number of hydrogen-bond acceptors (Lipinski definition) is 4. The number of rotatable bonds is 7. The molecule has 3 N–H and O–H groups in total. The molecule has 0 aliphatic carbocycles. The average Bonchev–Trinajstić information content (AvgIpc) is 3.09. The van der Waals surface area contributed by atoms with Crippen LogP contribution < -0.4 is 14.8 Å². The first-order chi connectivity index (χ1) is 15.8. The lowest BCUT2D eigenvalue weighted by molar-refractivity contribution is -0.115. The number of aryl methyl sites for hydroxylation is 1. The Hall–Kier alpha value is -3.85. The predicted molar refractivity (Wildman–Crippen MR) is 126 cm³/mol. The van der Waals surface area contributed by atoms with Crippen LogP contribution in [0.4, 0.5) is 15.8 Å². The van der Waals surface area contributed by atoms with Crippen molar-refractivity contribution in [3.63, 3.8) is 0 Å². The average molecular weight is 468 g/mol. The second-order valence-corrected chi connectivity index (χ2v) is 9.16. The number of halogens is 1. The normalized spacial score (nSPS) is 11.4. The van der Waals surface area contributed by atoms with Crippen LogP contribution in [0.3, 0.4) is 0 Å². The number of carbonyl (C=O) groups excluding carboxylic acids is 1. The summed E-state index contributed by atoms with van der Waals surface area (Å²) >= 11 is 0. The summed E-state index contributed by atoms with van der Waals surface area (Å²) in [6.07, 6.45) is 0.151. The van der Waals surface area contributed by atoms with Gasteiger partial charge in [0.1, 0.15) is 11.6 Å². The molecule has 0 fully saturated rings. The monoisotopic (exact) mass is 467 g/mol. The summed E-state index contributed by atoms with van der Waals surface area (Å²) in [5.74, 6) is -0.520. The van der Waals surface area contributed by atoms with Gasteiger partial charge >= 0.3 is 0 Å². The molecular weight excluding hydrogens is 445 g/mol. The number of aromatic nitrogens is 1. The minimum Gasteiger partial charge on any atom is -0.495 e. The van der Waals surface area contributed by atoms with Crippen LogP contribution in [0.5, 0.6) is 5.75 Å². The molecule has 0 spiro atoms. The number of hydrogen-bond donors (Lipinski definition) is 3. The molecule has 4 rings (SSSR count). The summed E-state index contributed by atoms with van der Waals surface area (Å²) < 4.78 is 46.3. The van der Waals surface area contributed by atoms with Crippen LogP contribution in [-0.2, 0) is 21.2 Å². The maximum absolute atomic E-state index is 13.2. The van der Waals surface area contributed by atoms with Gasteiger partial charge in [-0.3, -0.25) is 9.52 Å². The van der Waals surface area contributed by atoms with Crippen LogP contribution >= 0.6 is 0 Å². The highest BCUT2D eigenvalue weighted by molar-refractivity contribution is 7.92. The number of nitrogens with one attached hydrogen (secondary N) is 3. The smallest absolute Gasteiger partial charge is 0.262 e. The van der Waals surface area contributed by atoms with Crippen LogP contribution in [0.1, 0.15) is 11.3 Å². The van der Waals surface area contributed by atoms with Gasteiger partial charge in [-0.25, -0.2) is 12.8 Å². The van der Waals surface area contributed by atoms with E-state index in [2.05, 4.69) is 15.0 Å². The highest BCUT2D eigenvalue weighted by Crippen LogP contribution is 2.30. The molecule has 1 amide bonds. The number of H-pyrrole nitrogens is 1. The summed E-state index contributed by atoms with van der Waals surface area (Å²) in [6, 6.07) is 16.9. The molecule has 170 valence electrons. The fourth-order valence-corrected chi connectivity index (χ4v) is 4.67. The molecule has 0 radical (unpaired) electrons. The molecule has 9 heteroatoms. The number of ether oxygens (including phenoxy) is 1. The third-order valence-corrected chi connectivity index (χ3v) is 6.60. The van der Waals surface area contributed by atoms with Gasteiger partial charge in [0.05, 0.1) is 24.1 Å². The number of sulfonamides is 1. The van der Waals surface area contributed by atoms with Gasteiger partial charge in [-0.05, 0) is 61.0 Å². The lowest BCUT2D eigenvalue weighted by atomic mass is 10.1. The van der Waals surface area contributed by atoms with Crippen molar-refractivity contribution in [2.75, 3.05) is 17.1 Å². The number of para-hydroxylation sites is 1. The van der Waals surface area contributed by atoms with Crippen LogP contribution in [-0.4, -0.2) is 26.4 Å². The van der Waals surface area contributed by atoms with E-state index in [-0.39, 0.29) is 28.7 Å². The third kappa shape index (κ3) is 4.83. The first-order valence-electron chi connectivity index (χ1n) is 10.1. The molecule has 1 heterocycles. The van der Waals surface area contributed by atoms with Crippen molar-refractivity contribution < 1.29 is 22.3 Å². The van der Waals surface area contributed by atoms with Crippen molar-refractivity contribution in [3.05, 3.63) is 83.8 Å². The lowest BCUT2D eigenvalue weighted by Crippen LogP contribution is -2.16. The number of benzene rings is 3. The Morgan fingerprint density at radius 3 is 2.52 bits per heavy atom. The quantitative estimate of drug-likeness (QED) is 0.370. The predicted octanol–water partition coefficient (Wildman–Crippen LogP) is 4.61. The van der Waals surface area contributed by atoms with Crippen LogP contribution in [0.2, 0.25) is 0 Å². The van der Waals surface area contributed by atoms with Crippen molar-refractivity contribution in [2.24, 2.45) is 0 Å². The molecular formula is C24H22FN3O4S. The van der Waals surface area contributed by atoms with Gasteiger partial charge in [0.2, 0.25) is 5.91 Å². The Balaban J connectivity index is 1.55. The second kappa shape index (κ2) is 8.95. The van der Waals surface area contributed by atoms with Crippen molar-refractivity contribution >= 4 is 38.2 Å². The number of aromatic amines is 1. The standard InChI is InChI=1S/C24H22FN3O4S/c1-15-20(19-5-3-4-6-21(19)26-15)14-24(29)27-17-9-12-23(32-2)22(13-17)28-33(30,31)18-10-7-16(25)8-11-18/h3-13,26,28H,14H2,1-2H3,(H,27,29). The fourth-order valence-electron chi connectivity index (χ4n) is 3.61. The van der Waals surface area contributed by atoms with Gasteiger partial charge < -0.3 is 15.0 Å². The molecule has 0 atom stereocenters. The minimum absolute atomic E-state index is 0.102. The van der Waals surface area contributed by atoms with E-state index < -0.39 is 15.8 Å². The van der Waals surface area contributed by atoms with Crippen molar-refractivity contribution in [3.8, 4) is 5.75 Å². The van der Waals surface area contributed by atoms with E-state index in [4.69, 9.17) is 4.74 Å². The Morgan fingerprint density at radius 2 is 1.79 bits per heavy atom. The molecule has 7 nitrogen and oxygen atoms in total. The SMILES string of the molecule is COc1ccc(NC(=O)Cc2c(C)[nH]c3ccccc23)cc1NS(=O)(=O)c1ccc(F)cc1. The Kier molecular flexibility index (Phi) is 6.06. The summed E-state index contributed by atoms with van der Waals surface area (Å²) in [4.78, 5) is 15.9. The number of methoxy groups -OCH3 is 1. The molecule has 0 saturated heterocycles. The van der Waals surface area contributed by atoms with E-state index in [1.807, 2.05) is 31.2 Å². The number of fused-ring (bicyclic) bond motifs is 1. The molecule has 0 unspecified atom stereocenters. The third-order valence-electron chi connectivity index (χ3n) is 5.22. The van der Waals surface area contributed by atoms with Crippen LogP contribution in [0, 0.1) is 12.7 Å². The molecule has 0 saturated carbocycles. The van der Waals surface area contributed by atoms with Crippen molar-refractivity contribution in [2.45, 2.75) is 18.2 Å². The Morgan fingerprint density at radius 1 is 1.06 bits per heavy atom. The van der Waals surface area contributed by atoms with Gasteiger partial charge in [-0.15, -0.1) is 0 Å². The van der Waals surface area contributed by atoms with Crippen LogP contribution in [0.25, 0.3) is 10.9 Å². The van der Waals surface area contributed by atoms with Gasteiger partial charge in [-0.2, -0.15) is 0 Å². The number of amides is 1. The van der Waals surface area contributed by atoms with Crippen molar-refractivity contribution in [1.29, 1.82) is 0 Å². The highest BCUT2D eigenvalue weighted by Gasteiger charge is 2.18. The fraction of sp³-hybridized carbons (Fsp3) is 0.125. The maximum atomic E-state index is 13.2. The summed E-state index contributed by atoms with van der Waals surface area (Å²) in [6.45, 7) is 1.92. The molecule has 3 aromatic carbocycles. The zero-order chi connectivity index (χ0) is 23.6. The minimum atomic E-state index is -3.99. The largest absolute Gasteiger partial charge is 0.495 e. The van der Waals surface area contributed by atoms with E-state index in [0.717, 1.165) is 34.3 Å². The Labute approximate surface area is 190 Å². The molecule has 1 aromatic heterocycles. The first kappa shape index (κ1) is 22.3. The van der Waals surface area contributed by atoms with Gasteiger partial charge in [0, 0.05) is 22.3 Å². The lowest BCUT2D eigenvalue weighted by Gasteiger charge is -2.14. The highest BCUT2D eigenvalue weighted by atomic mass is 32.2.